The molecule has 1 fully saturated rings. The van der Waals surface area contributed by atoms with Crippen molar-refractivity contribution in [2.45, 2.75) is 6.92 Å². The zero-order chi connectivity index (χ0) is 19.3. The number of aromatic nitrogens is 1. The number of morpholine rings is 1. The highest BCUT2D eigenvalue weighted by Crippen LogP contribution is 2.30. The molecule has 29 heavy (non-hydrogen) atoms. The number of benzene rings is 1. The molecule has 1 amide bonds. The minimum Gasteiger partial charge on any atom is -0.379 e. The van der Waals surface area contributed by atoms with Gasteiger partial charge in [-0.2, -0.15) is 0 Å². The molecular weight excluding hydrogens is 426 g/mol. The summed E-state index contributed by atoms with van der Waals surface area (Å²) in [6, 6.07) is 10.2. The molecule has 0 N–H and O–H groups in total. The van der Waals surface area contributed by atoms with Crippen LogP contribution in [0.2, 0.25) is 0 Å². The second-order valence-corrected chi connectivity index (χ2v) is 8.75. The maximum Gasteiger partial charge on any atom is 0.252 e. The molecule has 0 atom stereocenters. The molecule has 1 aromatic carbocycles. The number of hydrogen-bond donors (Lipinski definition) is 0. The average Bonchev–Trinajstić information content (AvgIpc) is 3.36. The number of amides is 1. The highest BCUT2D eigenvalue weighted by Gasteiger charge is 2.20. The Labute approximate surface area is 185 Å². The van der Waals surface area contributed by atoms with Crippen molar-refractivity contribution >= 4 is 62.4 Å². The second-order valence-electron chi connectivity index (χ2n) is 6.76. The van der Waals surface area contributed by atoms with E-state index in [2.05, 4.69) is 24.0 Å². The van der Waals surface area contributed by atoms with Gasteiger partial charge in [-0.05, 0) is 42.1 Å². The number of ether oxygens (including phenoxy) is 1. The Balaban J connectivity index is 0.00000240. The third-order valence-corrected chi connectivity index (χ3v) is 6.59. The fraction of sp³-hybridized carbons (Fsp3) is 0.333. The number of thiophene rings is 1. The average molecular weight is 450 g/mol. The first-order chi connectivity index (χ1) is 13.7. The van der Waals surface area contributed by atoms with Crippen LogP contribution in [0.3, 0.4) is 0 Å². The molecule has 1 saturated heterocycles. The molecule has 0 saturated carbocycles. The van der Waals surface area contributed by atoms with Crippen LogP contribution < -0.4 is 4.90 Å². The lowest BCUT2D eigenvalue weighted by Crippen LogP contribution is -2.42. The summed E-state index contributed by atoms with van der Waals surface area (Å²) in [6.07, 6.45) is 3.54. The lowest BCUT2D eigenvalue weighted by Gasteiger charge is -2.28. The van der Waals surface area contributed by atoms with E-state index in [4.69, 9.17) is 9.72 Å². The Kier molecular flexibility index (Phi) is 7.80. The molecule has 0 radical (unpaired) electrons. The molecule has 8 heteroatoms. The Morgan fingerprint density at radius 2 is 2.14 bits per heavy atom. The summed E-state index contributed by atoms with van der Waals surface area (Å²) in [5, 5.41) is 2.77. The van der Waals surface area contributed by atoms with E-state index in [9.17, 15) is 4.79 Å². The van der Waals surface area contributed by atoms with Crippen LogP contribution in [-0.4, -0.2) is 55.2 Å². The Morgan fingerprint density at radius 1 is 1.31 bits per heavy atom. The smallest absolute Gasteiger partial charge is 0.252 e. The third kappa shape index (κ3) is 5.65. The largest absolute Gasteiger partial charge is 0.379 e. The third-order valence-electron chi connectivity index (χ3n) is 4.71. The van der Waals surface area contributed by atoms with Gasteiger partial charge in [-0.3, -0.25) is 14.6 Å². The van der Waals surface area contributed by atoms with Gasteiger partial charge < -0.3 is 4.74 Å². The number of nitrogens with zero attached hydrogens (tertiary/aromatic N) is 3. The van der Waals surface area contributed by atoms with Gasteiger partial charge in [-0.1, -0.05) is 23.5 Å². The highest BCUT2D eigenvalue weighted by atomic mass is 35.5. The van der Waals surface area contributed by atoms with Crippen LogP contribution in [0.5, 0.6) is 0 Å². The van der Waals surface area contributed by atoms with Crippen molar-refractivity contribution in [3.8, 4) is 0 Å². The van der Waals surface area contributed by atoms with Crippen molar-refractivity contribution in [3.63, 3.8) is 0 Å². The fourth-order valence-electron chi connectivity index (χ4n) is 3.13. The van der Waals surface area contributed by atoms with Crippen molar-refractivity contribution in [1.82, 2.24) is 9.88 Å². The van der Waals surface area contributed by atoms with E-state index in [1.54, 1.807) is 33.6 Å². The second kappa shape index (κ2) is 10.3. The molecule has 1 aliphatic heterocycles. The van der Waals surface area contributed by atoms with E-state index in [1.807, 2.05) is 29.7 Å². The van der Waals surface area contributed by atoms with Crippen molar-refractivity contribution in [1.29, 1.82) is 0 Å². The molecule has 0 spiro atoms. The van der Waals surface area contributed by atoms with Crippen LogP contribution in [-0.2, 0) is 9.53 Å². The topological polar surface area (TPSA) is 45.7 Å². The zero-order valence-electron chi connectivity index (χ0n) is 16.2. The van der Waals surface area contributed by atoms with Crippen molar-refractivity contribution in [2.75, 3.05) is 44.3 Å². The normalized spacial score (nSPS) is 14.9. The molecule has 0 unspecified atom stereocenters. The van der Waals surface area contributed by atoms with Gasteiger partial charge in [0, 0.05) is 37.1 Å². The first-order valence-corrected chi connectivity index (χ1v) is 11.1. The number of carbonyl (C=O) groups is 1. The van der Waals surface area contributed by atoms with Gasteiger partial charge in [-0.25, -0.2) is 4.98 Å². The van der Waals surface area contributed by atoms with Gasteiger partial charge in [0.25, 0.3) is 5.91 Å². The summed E-state index contributed by atoms with van der Waals surface area (Å²) in [6.45, 7) is 6.84. The molecule has 4 rings (SSSR count). The minimum absolute atomic E-state index is 0. The molecule has 2 aromatic heterocycles. The predicted octanol–water partition coefficient (Wildman–Crippen LogP) is 4.47. The standard InChI is InChI=1S/C21H23N3O2S2.ClH/c1-16-4-6-18-19(15-16)28-21(22-18)24(9-8-23-10-12-26-13-11-23)20(25)7-5-17-3-2-14-27-17;/h2-7,14-15H,8-13H2,1H3;1H/b7-5+;. The highest BCUT2D eigenvalue weighted by molar-refractivity contribution is 7.22. The van der Waals surface area contributed by atoms with Crippen LogP contribution >= 0.6 is 35.1 Å². The molecular formula is C21H24ClN3O2S2. The first-order valence-electron chi connectivity index (χ1n) is 9.39. The van der Waals surface area contributed by atoms with E-state index in [0.29, 0.717) is 6.54 Å². The van der Waals surface area contributed by atoms with Crippen molar-refractivity contribution < 1.29 is 9.53 Å². The number of rotatable bonds is 6. The summed E-state index contributed by atoms with van der Waals surface area (Å²) in [7, 11) is 0. The number of carbonyl (C=O) groups excluding carboxylic acids is 1. The van der Waals surface area contributed by atoms with Gasteiger partial charge >= 0.3 is 0 Å². The van der Waals surface area contributed by atoms with Crippen LogP contribution in [0, 0.1) is 6.92 Å². The molecule has 1 aliphatic rings. The first kappa shape index (κ1) is 21.9. The summed E-state index contributed by atoms with van der Waals surface area (Å²) >= 11 is 3.20. The molecule has 0 bridgehead atoms. The SMILES string of the molecule is Cc1ccc2nc(N(CCN3CCOCC3)C(=O)/C=C/c3cccs3)sc2c1.Cl. The lowest BCUT2D eigenvalue weighted by molar-refractivity contribution is -0.114. The number of aryl methyl sites for hydroxylation is 1. The summed E-state index contributed by atoms with van der Waals surface area (Å²) in [5.74, 6) is -0.0302. The van der Waals surface area contributed by atoms with Gasteiger partial charge in [0.05, 0.1) is 23.4 Å². The lowest BCUT2D eigenvalue weighted by atomic mass is 10.2. The molecule has 3 aromatic rings. The van der Waals surface area contributed by atoms with Crippen LogP contribution in [0.4, 0.5) is 5.13 Å². The van der Waals surface area contributed by atoms with E-state index in [-0.39, 0.29) is 18.3 Å². The maximum absolute atomic E-state index is 13.0. The van der Waals surface area contributed by atoms with Crippen LogP contribution in [0.1, 0.15) is 10.4 Å². The van der Waals surface area contributed by atoms with Crippen molar-refractivity contribution in [3.05, 3.63) is 52.2 Å². The van der Waals surface area contributed by atoms with Gasteiger partial charge in [0.2, 0.25) is 0 Å². The van der Waals surface area contributed by atoms with Gasteiger partial charge in [0.1, 0.15) is 0 Å². The monoisotopic (exact) mass is 449 g/mol. The molecule has 0 aliphatic carbocycles. The van der Waals surface area contributed by atoms with Gasteiger partial charge in [-0.15, -0.1) is 23.7 Å². The Hall–Kier alpha value is -1.77. The number of thiazole rings is 1. The minimum atomic E-state index is -0.0302. The fourth-order valence-corrected chi connectivity index (χ4v) is 4.84. The Morgan fingerprint density at radius 3 is 2.90 bits per heavy atom. The van der Waals surface area contributed by atoms with E-state index < -0.39 is 0 Å². The van der Waals surface area contributed by atoms with E-state index in [1.165, 1.54) is 5.56 Å². The predicted molar refractivity (Wildman–Crippen MR) is 125 cm³/mol. The maximum atomic E-state index is 13.0. The quantitative estimate of drug-likeness (QED) is 0.521. The van der Waals surface area contributed by atoms with Crippen molar-refractivity contribution in [2.24, 2.45) is 0 Å². The number of halogens is 1. The summed E-state index contributed by atoms with van der Waals surface area (Å²) < 4.78 is 6.54. The Bertz CT molecular complexity index is 966. The van der Waals surface area contributed by atoms with Gasteiger partial charge in [0.15, 0.2) is 5.13 Å². The van der Waals surface area contributed by atoms with Crippen LogP contribution in [0.25, 0.3) is 16.3 Å². The summed E-state index contributed by atoms with van der Waals surface area (Å²) in [5.41, 5.74) is 2.14. The van der Waals surface area contributed by atoms with E-state index in [0.717, 1.165) is 53.1 Å². The van der Waals surface area contributed by atoms with Crippen LogP contribution in [0.15, 0.2) is 41.8 Å². The number of hydrogen-bond acceptors (Lipinski definition) is 6. The molecule has 3 heterocycles. The molecule has 5 nitrogen and oxygen atoms in total. The number of fused-ring (bicyclic) bond motifs is 1. The summed E-state index contributed by atoms with van der Waals surface area (Å²) in [4.78, 5) is 23.0. The van der Waals surface area contributed by atoms with E-state index >= 15 is 0 Å². The number of anilines is 1. The molecule has 154 valence electrons. The zero-order valence-corrected chi connectivity index (χ0v) is 18.7.